The molecule has 0 aliphatic heterocycles. The first-order chi connectivity index (χ1) is 7.36. The molecule has 2 rings (SSSR count). The SMILES string of the molecule is CC(NCCc1ccco1)c1cccs1. The first-order valence-electron chi connectivity index (χ1n) is 5.15. The first-order valence-corrected chi connectivity index (χ1v) is 6.03. The lowest BCUT2D eigenvalue weighted by Crippen LogP contribution is -2.20. The summed E-state index contributed by atoms with van der Waals surface area (Å²) in [7, 11) is 0. The fraction of sp³-hybridized carbons (Fsp3) is 0.333. The van der Waals surface area contributed by atoms with Gasteiger partial charge in [-0.1, -0.05) is 6.07 Å². The van der Waals surface area contributed by atoms with Crippen LogP contribution < -0.4 is 5.32 Å². The van der Waals surface area contributed by atoms with Crippen LogP contribution in [0.2, 0.25) is 0 Å². The predicted molar refractivity (Wildman–Crippen MR) is 63.1 cm³/mol. The van der Waals surface area contributed by atoms with E-state index < -0.39 is 0 Å². The predicted octanol–water partition coefficient (Wildman–Crippen LogP) is 3.23. The van der Waals surface area contributed by atoms with Crippen molar-refractivity contribution in [2.24, 2.45) is 0 Å². The Bertz CT molecular complexity index is 366. The minimum atomic E-state index is 0.431. The van der Waals surface area contributed by atoms with E-state index >= 15 is 0 Å². The normalized spacial score (nSPS) is 12.9. The Morgan fingerprint density at radius 3 is 3.00 bits per heavy atom. The highest BCUT2D eigenvalue weighted by Gasteiger charge is 2.05. The zero-order chi connectivity index (χ0) is 10.5. The molecule has 1 atom stereocenters. The second-order valence-corrected chi connectivity index (χ2v) is 4.50. The molecule has 0 bridgehead atoms. The number of rotatable bonds is 5. The van der Waals surface area contributed by atoms with E-state index in [2.05, 4.69) is 29.8 Å². The maximum absolute atomic E-state index is 5.27. The quantitative estimate of drug-likeness (QED) is 0.838. The number of thiophene rings is 1. The van der Waals surface area contributed by atoms with Crippen LogP contribution >= 0.6 is 11.3 Å². The standard InChI is InChI=1S/C12H15NOS/c1-10(12-5-3-9-15-12)13-7-6-11-4-2-8-14-11/h2-5,8-10,13H,6-7H2,1H3. The third-order valence-electron chi connectivity index (χ3n) is 2.37. The van der Waals surface area contributed by atoms with Crippen molar-refractivity contribution < 1.29 is 4.42 Å². The fourth-order valence-corrected chi connectivity index (χ4v) is 2.26. The average Bonchev–Trinajstić information content (AvgIpc) is 2.90. The molecule has 0 aromatic carbocycles. The molecule has 0 saturated carbocycles. The van der Waals surface area contributed by atoms with Crippen molar-refractivity contribution in [2.75, 3.05) is 6.54 Å². The van der Waals surface area contributed by atoms with Gasteiger partial charge in [0, 0.05) is 23.9 Å². The summed E-state index contributed by atoms with van der Waals surface area (Å²) in [5.74, 6) is 1.04. The Morgan fingerprint density at radius 2 is 2.33 bits per heavy atom. The van der Waals surface area contributed by atoms with Gasteiger partial charge >= 0.3 is 0 Å². The highest BCUT2D eigenvalue weighted by atomic mass is 32.1. The van der Waals surface area contributed by atoms with E-state index in [-0.39, 0.29) is 0 Å². The Hall–Kier alpha value is -1.06. The van der Waals surface area contributed by atoms with Crippen LogP contribution in [-0.2, 0) is 6.42 Å². The van der Waals surface area contributed by atoms with Gasteiger partial charge in [-0.15, -0.1) is 11.3 Å². The van der Waals surface area contributed by atoms with Crippen molar-refractivity contribution in [2.45, 2.75) is 19.4 Å². The number of hydrogen-bond acceptors (Lipinski definition) is 3. The van der Waals surface area contributed by atoms with Crippen molar-refractivity contribution in [3.8, 4) is 0 Å². The molecule has 0 spiro atoms. The Labute approximate surface area is 93.9 Å². The minimum Gasteiger partial charge on any atom is -0.469 e. The molecule has 0 saturated heterocycles. The Balaban J connectivity index is 1.74. The van der Waals surface area contributed by atoms with Crippen LogP contribution in [0.3, 0.4) is 0 Å². The Morgan fingerprint density at radius 1 is 1.40 bits per heavy atom. The van der Waals surface area contributed by atoms with Gasteiger partial charge in [-0.25, -0.2) is 0 Å². The van der Waals surface area contributed by atoms with Crippen molar-refractivity contribution in [1.82, 2.24) is 5.32 Å². The zero-order valence-electron chi connectivity index (χ0n) is 8.77. The average molecular weight is 221 g/mol. The van der Waals surface area contributed by atoms with Crippen LogP contribution in [0.25, 0.3) is 0 Å². The van der Waals surface area contributed by atoms with E-state index in [1.807, 2.05) is 12.1 Å². The molecule has 0 aliphatic rings. The van der Waals surface area contributed by atoms with Gasteiger partial charge in [-0.2, -0.15) is 0 Å². The second kappa shape index (κ2) is 5.14. The fourth-order valence-electron chi connectivity index (χ4n) is 1.50. The summed E-state index contributed by atoms with van der Waals surface area (Å²) < 4.78 is 5.27. The summed E-state index contributed by atoms with van der Waals surface area (Å²) in [6.45, 7) is 3.14. The summed E-state index contributed by atoms with van der Waals surface area (Å²) in [5.41, 5.74) is 0. The summed E-state index contributed by atoms with van der Waals surface area (Å²) in [4.78, 5) is 1.38. The lowest BCUT2D eigenvalue weighted by atomic mass is 10.2. The molecular formula is C12H15NOS. The lowest BCUT2D eigenvalue weighted by Gasteiger charge is -2.10. The summed E-state index contributed by atoms with van der Waals surface area (Å²) >= 11 is 1.79. The number of nitrogens with one attached hydrogen (secondary N) is 1. The van der Waals surface area contributed by atoms with Crippen LogP contribution in [-0.4, -0.2) is 6.54 Å². The highest BCUT2D eigenvalue weighted by Crippen LogP contribution is 2.17. The second-order valence-electron chi connectivity index (χ2n) is 3.52. The Kier molecular flexibility index (Phi) is 3.59. The van der Waals surface area contributed by atoms with Gasteiger partial charge in [0.25, 0.3) is 0 Å². The molecule has 15 heavy (non-hydrogen) atoms. The van der Waals surface area contributed by atoms with Crippen molar-refractivity contribution in [1.29, 1.82) is 0 Å². The van der Waals surface area contributed by atoms with E-state index in [0.717, 1.165) is 18.7 Å². The van der Waals surface area contributed by atoms with E-state index in [0.29, 0.717) is 6.04 Å². The van der Waals surface area contributed by atoms with E-state index in [9.17, 15) is 0 Å². The smallest absolute Gasteiger partial charge is 0.105 e. The molecule has 80 valence electrons. The maximum atomic E-state index is 5.27. The van der Waals surface area contributed by atoms with Crippen molar-refractivity contribution in [3.63, 3.8) is 0 Å². The first kappa shape index (κ1) is 10.5. The summed E-state index contributed by atoms with van der Waals surface area (Å²) in [6, 6.07) is 8.62. The van der Waals surface area contributed by atoms with Gasteiger partial charge < -0.3 is 9.73 Å². The largest absolute Gasteiger partial charge is 0.469 e. The molecule has 3 heteroatoms. The third-order valence-corrected chi connectivity index (χ3v) is 3.43. The molecule has 0 amide bonds. The van der Waals surface area contributed by atoms with Gasteiger partial charge in [0.1, 0.15) is 5.76 Å². The van der Waals surface area contributed by atoms with Gasteiger partial charge in [-0.3, -0.25) is 0 Å². The van der Waals surface area contributed by atoms with E-state index in [1.54, 1.807) is 17.6 Å². The molecule has 2 aromatic heterocycles. The molecule has 1 unspecified atom stereocenters. The van der Waals surface area contributed by atoms with E-state index in [4.69, 9.17) is 4.42 Å². The van der Waals surface area contributed by atoms with Crippen LogP contribution in [0, 0.1) is 0 Å². The van der Waals surface area contributed by atoms with Crippen LogP contribution in [0.1, 0.15) is 23.6 Å². The molecule has 0 fully saturated rings. The van der Waals surface area contributed by atoms with Gasteiger partial charge in [0.15, 0.2) is 0 Å². The molecule has 0 radical (unpaired) electrons. The lowest BCUT2D eigenvalue weighted by molar-refractivity contribution is 0.487. The van der Waals surface area contributed by atoms with Gasteiger partial charge in [0.2, 0.25) is 0 Å². The number of furan rings is 1. The van der Waals surface area contributed by atoms with Crippen molar-refractivity contribution >= 4 is 11.3 Å². The highest BCUT2D eigenvalue weighted by molar-refractivity contribution is 7.10. The van der Waals surface area contributed by atoms with Gasteiger partial charge in [0.05, 0.1) is 6.26 Å². The van der Waals surface area contributed by atoms with Crippen molar-refractivity contribution in [3.05, 3.63) is 46.5 Å². The third kappa shape index (κ3) is 2.94. The summed E-state index contributed by atoms with van der Waals surface area (Å²) in [6.07, 6.45) is 2.67. The van der Waals surface area contributed by atoms with Gasteiger partial charge in [-0.05, 0) is 30.5 Å². The van der Waals surface area contributed by atoms with E-state index in [1.165, 1.54) is 4.88 Å². The number of hydrogen-bond donors (Lipinski definition) is 1. The molecular weight excluding hydrogens is 206 g/mol. The van der Waals surface area contributed by atoms with Crippen LogP contribution in [0.4, 0.5) is 0 Å². The molecule has 2 nitrogen and oxygen atoms in total. The molecule has 2 heterocycles. The van der Waals surface area contributed by atoms with Crippen LogP contribution in [0.15, 0.2) is 40.3 Å². The minimum absolute atomic E-state index is 0.431. The summed E-state index contributed by atoms with van der Waals surface area (Å²) in [5, 5.41) is 5.58. The molecule has 0 aliphatic carbocycles. The molecule has 1 N–H and O–H groups in total. The zero-order valence-corrected chi connectivity index (χ0v) is 9.59. The monoisotopic (exact) mass is 221 g/mol. The topological polar surface area (TPSA) is 25.2 Å². The maximum Gasteiger partial charge on any atom is 0.105 e. The molecule has 2 aromatic rings. The van der Waals surface area contributed by atoms with Crippen LogP contribution in [0.5, 0.6) is 0 Å².